The molecule has 0 aliphatic carbocycles. The average Bonchev–Trinajstić information content (AvgIpc) is 3.10. The van der Waals surface area contributed by atoms with Crippen molar-refractivity contribution in [3.63, 3.8) is 0 Å². The second kappa shape index (κ2) is 7.27. The van der Waals surface area contributed by atoms with Crippen LogP contribution in [-0.2, 0) is 6.42 Å². The van der Waals surface area contributed by atoms with Gasteiger partial charge >= 0.3 is 0 Å². The molecule has 0 N–H and O–H groups in total. The molecule has 3 aromatic carbocycles. The van der Waals surface area contributed by atoms with E-state index in [0.717, 1.165) is 28.6 Å². The van der Waals surface area contributed by atoms with Crippen LogP contribution in [0.2, 0.25) is 15.1 Å². The van der Waals surface area contributed by atoms with E-state index in [4.69, 9.17) is 39.8 Å². The maximum Gasteiger partial charge on any atom is 0.0713 e. The minimum atomic E-state index is 0.210. The molecule has 5 heteroatoms. The molecular formula is C23H14Cl3NS. The topological polar surface area (TPSA) is 12.9 Å². The predicted molar refractivity (Wildman–Crippen MR) is 121 cm³/mol. The van der Waals surface area contributed by atoms with Crippen LogP contribution in [0.1, 0.15) is 16.5 Å². The molecule has 1 aliphatic rings. The molecule has 1 unspecified atom stereocenters. The Labute approximate surface area is 182 Å². The maximum atomic E-state index is 6.50. The van der Waals surface area contributed by atoms with Crippen molar-refractivity contribution in [3.05, 3.63) is 93.1 Å². The number of fused-ring (bicyclic) bond motifs is 2. The molecule has 1 nitrogen and oxygen atoms in total. The van der Waals surface area contributed by atoms with Crippen molar-refractivity contribution in [2.24, 2.45) is 0 Å². The Kier molecular flexibility index (Phi) is 4.76. The summed E-state index contributed by atoms with van der Waals surface area (Å²) in [6, 6.07) is 22.1. The third-order valence-corrected chi connectivity index (χ3v) is 7.16. The minimum Gasteiger partial charge on any atom is -0.252 e. The van der Waals surface area contributed by atoms with Crippen molar-refractivity contribution in [2.45, 2.75) is 16.6 Å². The number of halogens is 3. The van der Waals surface area contributed by atoms with Crippen molar-refractivity contribution < 1.29 is 0 Å². The molecule has 0 amide bonds. The molecule has 4 aromatic rings. The normalized spacial score (nSPS) is 15.8. The Bertz CT molecular complexity index is 1210. The van der Waals surface area contributed by atoms with Gasteiger partial charge in [0.2, 0.25) is 0 Å². The number of hydrogen-bond acceptors (Lipinski definition) is 2. The monoisotopic (exact) mass is 441 g/mol. The number of rotatable bonds is 2. The highest BCUT2D eigenvalue weighted by molar-refractivity contribution is 8.00. The van der Waals surface area contributed by atoms with E-state index in [1.165, 1.54) is 16.0 Å². The van der Waals surface area contributed by atoms with E-state index in [1.54, 1.807) is 0 Å². The highest BCUT2D eigenvalue weighted by Crippen LogP contribution is 2.52. The van der Waals surface area contributed by atoms with Crippen LogP contribution in [-0.4, -0.2) is 4.98 Å². The van der Waals surface area contributed by atoms with E-state index in [2.05, 4.69) is 24.3 Å². The van der Waals surface area contributed by atoms with Crippen molar-refractivity contribution in [2.75, 3.05) is 0 Å². The molecule has 2 heterocycles. The van der Waals surface area contributed by atoms with E-state index in [0.29, 0.717) is 15.1 Å². The van der Waals surface area contributed by atoms with Gasteiger partial charge in [0, 0.05) is 42.6 Å². The van der Waals surface area contributed by atoms with Gasteiger partial charge in [0.05, 0.1) is 11.2 Å². The molecule has 0 saturated heterocycles. The Morgan fingerprint density at radius 2 is 1.61 bits per heavy atom. The van der Waals surface area contributed by atoms with Gasteiger partial charge in [0.1, 0.15) is 0 Å². The van der Waals surface area contributed by atoms with Gasteiger partial charge < -0.3 is 0 Å². The molecule has 0 radical (unpaired) electrons. The first-order valence-electron chi connectivity index (χ1n) is 8.89. The smallest absolute Gasteiger partial charge is 0.0713 e. The van der Waals surface area contributed by atoms with Crippen LogP contribution < -0.4 is 0 Å². The van der Waals surface area contributed by atoms with Gasteiger partial charge in [-0.15, -0.1) is 11.8 Å². The lowest BCUT2D eigenvalue weighted by atomic mass is 9.98. The summed E-state index contributed by atoms with van der Waals surface area (Å²) >= 11 is 20.7. The summed E-state index contributed by atoms with van der Waals surface area (Å²) < 4.78 is 0. The first-order chi connectivity index (χ1) is 13.6. The fraction of sp³-hybridized carbons (Fsp3) is 0.0870. The highest BCUT2D eigenvalue weighted by Gasteiger charge is 2.30. The quantitative estimate of drug-likeness (QED) is 0.310. The molecule has 138 valence electrons. The van der Waals surface area contributed by atoms with E-state index in [9.17, 15) is 0 Å². The molecule has 28 heavy (non-hydrogen) atoms. The van der Waals surface area contributed by atoms with Gasteiger partial charge in [-0.3, -0.25) is 4.98 Å². The van der Waals surface area contributed by atoms with Crippen LogP contribution in [0.15, 0.2) is 71.6 Å². The number of hydrogen-bond donors (Lipinski definition) is 0. The first kappa shape index (κ1) is 18.3. The maximum absolute atomic E-state index is 6.50. The minimum absolute atomic E-state index is 0.210. The van der Waals surface area contributed by atoms with Gasteiger partial charge in [-0.05, 0) is 41.5 Å². The number of aromatic nitrogens is 1. The van der Waals surface area contributed by atoms with Gasteiger partial charge in [-0.25, -0.2) is 0 Å². The van der Waals surface area contributed by atoms with E-state index < -0.39 is 0 Å². The van der Waals surface area contributed by atoms with Crippen LogP contribution in [0.4, 0.5) is 0 Å². The molecular weight excluding hydrogens is 429 g/mol. The zero-order valence-electron chi connectivity index (χ0n) is 14.6. The van der Waals surface area contributed by atoms with E-state index in [1.807, 2.05) is 54.2 Å². The molecule has 5 rings (SSSR count). The fourth-order valence-electron chi connectivity index (χ4n) is 3.72. The average molecular weight is 443 g/mol. The van der Waals surface area contributed by atoms with Crippen LogP contribution in [0.25, 0.3) is 22.0 Å². The second-order valence-electron chi connectivity index (χ2n) is 6.77. The zero-order valence-corrected chi connectivity index (χ0v) is 17.7. The van der Waals surface area contributed by atoms with E-state index >= 15 is 0 Å². The van der Waals surface area contributed by atoms with Gasteiger partial charge in [-0.2, -0.15) is 0 Å². The molecule has 0 saturated carbocycles. The predicted octanol–water partition coefficient (Wildman–Crippen LogP) is 8.25. The molecule has 1 aliphatic heterocycles. The van der Waals surface area contributed by atoms with Crippen LogP contribution in [0.5, 0.6) is 0 Å². The van der Waals surface area contributed by atoms with Crippen LogP contribution >= 0.6 is 46.6 Å². The Balaban J connectivity index is 1.71. The third-order valence-electron chi connectivity index (χ3n) is 4.98. The number of pyridine rings is 1. The van der Waals surface area contributed by atoms with Gasteiger partial charge in [0.25, 0.3) is 0 Å². The lowest BCUT2D eigenvalue weighted by molar-refractivity contribution is 0.912. The SMILES string of the molecule is Clc1ccc(C2Cc3nc4ccc(Cl)cc4c(-c4ccccc4)c3S2)c(Cl)c1. The summed E-state index contributed by atoms with van der Waals surface area (Å²) in [5, 5.41) is 3.35. The van der Waals surface area contributed by atoms with Crippen molar-refractivity contribution in [1.82, 2.24) is 4.98 Å². The Hall–Kier alpha value is -1.71. The molecule has 0 spiro atoms. The van der Waals surface area contributed by atoms with Gasteiger partial charge in [0.15, 0.2) is 0 Å². The summed E-state index contributed by atoms with van der Waals surface area (Å²) in [6.07, 6.45) is 0.833. The number of nitrogens with zero attached hydrogens (tertiary/aromatic N) is 1. The van der Waals surface area contributed by atoms with E-state index in [-0.39, 0.29) is 5.25 Å². The summed E-state index contributed by atoms with van der Waals surface area (Å²) in [5.41, 5.74) is 5.53. The number of benzene rings is 3. The van der Waals surface area contributed by atoms with Gasteiger partial charge in [-0.1, -0.05) is 71.2 Å². The summed E-state index contributed by atoms with van der Waals surface area (Å²) in [7, 11) is 0. The lowest BCUT2D eigenvalue weighted by Crippen LogP contribution is -1.96. The largest absolute Gasteiger partial charge is 0.252 e. The fourth-order valence-corrected chi connectivity index (χ4v) is 5.97. The number of thioether (sulfide) groups is 1. The summed E-state index contributed by atoms with van der Waals surface area (Å²) in [5.74, 6) is 0. The molecule has 0 bridgehead atoms. The van der Waals surface area contributed by atoms with Crippen LogP contribution in [0, 0.1) is 0 Å². The third kappa shape index (κ3) is 3.19. The second-order valence-corrected chi connectivity index (χ2v) is 9.26. The lowest BCUT2D eigenvalue weighted by Gasteiger charge is -2.13. The molecule has 1 atom stereocenters. The molecule has 0 fully saturated rings. The first-order valence-corrected chi connectivity index (χ1v) is 10.9. The summed E-state index contributed by atoms with van der Waals surface area (Å²) in [4.78, 5) is 6.16. The summed E-state index contributed by atoms with van der Waals surface area (Å²) in [6.45, 7) is 0. The van der Waals surface area contributed by atoms with Crippen molar-refractivity contribution in [1.29, 1.82) is 0 Å². The molecule has 1 aromatic heterocycles. The Morgan fingerprint density at radius 1 is 0.857 bits per heavy atom. The van der Waals surface area contributed by atoms with Crippen molar-refractivity contribution in [3.8, 4) is 11.1 Å². The zero-order chi connectivity index (χ0) is 19.3. The van der Waals surface area contributed by atoms with Crippen molar-refractivity contribution >= 4 is 57.5 Å². The highest BCUT2D eigenvalue weighted by atomic mass is 35.5. The van der Waals surface area contributed by atoms with Crippen LogP contribution in [0.3, 0.4) is 0 Å². The standard InChI is InChI=1S/C23H14Cl3NS/c24-14-7-9-19-17(10-14)22(13-4-2-1-3-5-13)23-20(27-19)12-21(28-23)16-8-6-15(25)11-18(16)26/h1-11,21H,12H2. The Morgan fingerprint density at radius 3 is 2.39 bits per heavy atom.